The van der Waals surface area contributed by atoms with Gasteiger partial charge in [-0.1, -0.05) is 19.3 Å². The smallest absolute Gasteiger partial charge is 0.303 e. The summed E-state index contributed by atoms with van der Waals surface area (Å²) in [6.07, 6.45) is 9.96. The Balaban J connectivity index is 1.93. The van der Waals surface area contributed by atoms with Crippen LogP contribution in [0.1, 0.15) is 44.3 Å². The molecule has 2 aromatic heterocycles. The predicted molar refractivity (Wildman–Crippen MR) is 80.0 cm³/mol. The van der Waals surface area contributed by atoms with E-state index in [9.17, 15) is 9.90 Å². The monoisotopic (exact) mass is 287 g/mol. The van der Waals surface area contributed by atoms with Crippen LogP contribution in [0.5, 0.6) is 0 Å². The fourth-order valence-electron chi connectivity index (χ4n) is 3.63. The van der Waals surface area contributed by atoms with E-state index >= 15 is 0 Å². The maximum absolute atomic E-state index is 11.3. The number of imidazole rings is 1. The van der Waals surface area contributed by atoms with Crippen LogP contribution >= 0.6 is 0 Å². The molecule has 112 valence electrons. The number of pyridine rings is 1. The fraction of sp³-hybridized carbons (Fsp3) is 0.562. The molecule has 0 bridgehead atoms. The molecular formula is C16H21N3O2. The summed E-state index contributed by atoms with van der Waals surface area (Å²) in [5, 5.41) is 9.28. The van der Waals surface area contributed by atoms with Crippen LogP contribution in [0, 0.1) is 5.41 Å². The van der Waals surface area contributed by atoms with Crippen molar-refractivity contribution in [2.24, 2.45) is 12.5 Å². The third-order valence-electron chi connectivity index (χ3n) is 4.75. The molecule has 5 nitrogen and oxygen atoms in total. The third kappa shape index (κ3) is 2.77. The van der Waals surface area contributed by atoms with E-state index in [2.05, 4.69) is 14.5 Å². The van der Waals surface area contributed by atoms with Gasteiger partial charge >= 0.3 is 5.97 Å². The lowest BCUT2D eigenvalue weighted by molar-refractivity contribution is -0.140. The molecule has 0 atom stereocenters. The molecular weight excluding hydrogens is 266 g/mol. The lowest BCUT2D eigenvalue weighted by Gasteiger charge is -2.35. The van der Waals surface area contributed by atoms with Gasteiger partial charge in [0, 0.05) is 19.7 Å². The number of carbonyl (C=O) groups is 1. The van der Waals surface area contributed by atoms with Crippen molar-refractivity contribution in [3.63, 3.8) is 0 Å². The van der Waals surface area contributed by atoms with E-state index in [1.807, 2.05) is 13.1 Å². The number of aromatic nitrogens is 3. The Kier molecular flexibility index (Phi) is 3.66. The second-order valence-electron chi connectivity index (χ2n) is 6.26. The highest BCUT2D eigenvalue weighted by Crippen LogP contribution is 2.42. The van der Waals surface area contributed by atoms with E-state index in [0.717, 1.165) is 49.0 Å². The molecule has 0 aliphatic heterocycles. The number of hydrogen-bond donors (Lipinski definition) is 1. The first-order valence-corrected chi connectivity index (χ1v) is 7.57. The molecule has 1 aliphatic carbocycles. The number of aryl methyl sites for hydroxylation is 1. The molecule has 1 aliphatic rings. The first-order valence-electron chi connectivity index (χ1n) is 7.57. The number of aliphatic carboxylic acids is 1. The number of carboxylic acid groups (broad SMARTS) is 1. The van der Waals surface area contributed by atoms with E-state index < -0.39 is 5.97 Å². The molecule has 0 amide bonds. The number of nitrogens with zero attached hydrogens (tertiary/aromatic N) is 3. The van der Waals surface area contributed by atoms with Crippen molar-refractivity contribution < 1.29 is 9.90 Å². The molecule has 2 heterocycles. The normalized spacial score (nSPS) is 18.0. The first kappa shape index (κ1) is 14.0. The zero-order chi connectivity index (χ0) is 14.9. The zero-order valence-electron chi connectivity index (χ0n) is 12.4. The Hall–Kier alpha value is -1.91. The van der Waals surface area contributed by atoms with Gasteiger partial charge in [-0.05, 0) is 24.3 Å². The molecule has 5 heteroatoms. The van der Waals surface area contributed by atoms with Crippen LogP contribution in [0.2, 0.25) is 0 Å². The Morgan fingerprint density at radius 2 is 2.14 bits per heavy atom. The van der Waals surface area contributed by atoms with Crippen molar-refractivity contribution in [3.8, 4) is 0 Å². The van der Waals surface area contributed by atoms with Crippen LogP contribution in [-0.4, -0.2) is 25.6 Å². The fourth-order valence-corrected chi connectivity index (χ4v) is 3.63. The van der Waals surface area contributed by atoms with Crippen LogP contribution in [0.15, 0.2) is 18.5 Å². The quantitative estimate of drug-likeness (QED) is 0.938. The Morgan fingerprint density at radius 1 is 1.38 bits per heavy atom. The summed E-state index contributed by atoms with van der Waals surface area (Å²) in [4.78, 5) is 20.1. The van der Waals surface area contributed by atoms with Gasteiger partial charge in [0.05, 0.1) is 18.1 Å². The van der Waals surface area contributed by atoms with Gasteiger partial charge in [-0.15, -0.1) is 0 Å². The van der Waals surface area contributed by atoms with E-state index in [4.69, 9.17) is 0 Å². The Morgan fingerprint density at radius 3 is 2.81 bits per heavy atom. The van der Waals surface area contributed by atoms with Crippen molar-refractivity contribution in [3.05, 3.63) is 24.3 Å². The summed E-state index contributed by atoms with van der Waals surface area (Å²) in [5.41, 5.74) is 1.81. The lowest BCUT2D eigenvalue weighted by atomic mass is 9.69. The minimum atomic E-state index is -0.697. The minimum Gasteiger partial charge on any atom is -0.481 e. The van der Waals surface area contributed by atoms with Gasteiger partial charge in [0.1, 0.15) is 11.3 Å². The standard InChI is InChI=1S/C16H21N3O2/c1-19-13-5-8-17-11-12(13)18-14(19)9-16(10-15(20)21)6-3-2-4-7-16/h5,8,11H,2-4,6-7,9-10H2,1H3,(H,20,21). The van der Waals surface area contributed by atoms with Crippen molar-refractivity contribution in [2.45, 2.75) is 44.9 Å². The summed E-state index contributed by atoms with van der Waals surface area (Å²) in [7, 11) is 2.00. The van der Waals surface area contributed by atoms with Crippen molar-refractivity contribution in [1.82, 2.24) is 14.5 Å². The van der Waals surface area contributed by atoms with Crippen LogP contribution in [0.25, 0.3) is 11.0 Å². The van der Waals surface area contributed by atoms with Gasteiger partial charge in [-0.3, -0.25) is 9.78 Å². The van der Waals surface area contributed by atoms with Gasteiger partial charge in [0.25, 0.3) is 0 Å². The predicted octanol–water partition coefficient (Wildman–Crippen LogP) is 2.94. The Bertz CT molecular complexity index is 657. The van der Waals surface area contributed by atoms with Gasteiger partial charge in [0.15, 0.2) is 0 Å². The second kappa shape index (κ2) is 5.47. The summed E-state index contributed by atoms with van der Waals surface area (Å²) in [5.74, 6) is 0.276. The van der Waals surface area contributed by atoms with E-state index in [0.29, 0.717) is 0 Å². The molecule has 0 aromatic carbocycles. The topological polar surface area (TPSA) is 68.0 Å². The van der Waals surface area contributed by atoms with Gasteiger partial charge in [-0.2, -0.15) is 0 Å². The molecule has 0 radical (unpaired) electrons. The highest BCUT2D eigenvalue weighted by atomic mass is 16.4. The average Bonchev–Trinajstić information content (AvgIpc) is 2.76. The average molecular weight is 287 g/mol. The number of fused-ring (bicyclic) bond motifs is 1. The van der Waals surface area contributed by atoms with E-state index in [1.54, 1.807) is 12.4 Å². The maximum Gasteiger partial charge on any atom is 0.303 e. The molecule has 21 heavy (non-hydrogen) atoms. The number of carboxylic acids is 1. The highest BCUT2D eigenvalue weighted by Gasteiger charge is 2.35. The molecule has 1 saturated carbocycles. The lowest BCUT2D eigenvalue weighted by Crippen LogP contribution is -2.30. The third-order valence-corrected chi connectivity index (χ3v) is 4.75. The van der Waals surface area contributed by atoms with E-state index in [-0.39, 0.29) is 11.8 Å². The van der Waals surface area contributed by atoms with Gasteiger partial charge in [-0.25, -0.2) is 4.98 Å². The van der Waals surface area contributed by atoms with Crippen molar-refractivity contribution in [1.29, 1.82) is 0 Å². The summed E-state index contributed by atoms with van der Waals surface area (Å²) < 4.78 is 2.08. The summed E-state index contributed by atoms with van der Waals surface area (Å²) in [6.45, 7) is 0. The zero-order valence-corrected chi connectivity index (χ0v) is 12.4. The van der Waals surface area contributed by atoms with Gasteiger partial charge < -0.3 is 9.67 Å². The van der Waals surface area contributed by atoms with Crippen LogP contribution in [0.4, 0.5) is 0 Å². The first-order chi connectivity index (χ1) is 10.1. The van der Waals surface area contributed by atoms with Gasteiger partial charge in [0.2, 0.25) is 0 Å². The number of rotatable bonds is 4. The molecule has 0 saturated heterocycles. The highest BCUT2D eigenvalue weighted by molar-refractivity contribution is 5.74. The molecule has 0 spiro atoms. The second-order valence-corrected chi connectivity index (χ2v) is 6.26. The summed E-state index contributed by atoms with van der Waals surface area (Å²) in [6, 6.07) is 1.95. The molecule has 0 unspecified atom stereocenters. The Labute approximate surface area is 124 Å². The largest absolute Gasteiger partial charge is 0.481 e. The van der Waals surface area contributed by atoms with Crippen LogP contribution < -0.4 is 0 Å². The van der Waals surface area contributed by atoms with Crippen molar-refractivity contribution in [2.75, 3.05) is 0 Å². The van der Waals surface area contributed by atoms with E-state index in [1.165, 1.54) is 6.42 Å². The minimum absolute atomic E-state index is 0.132. The molecule has 1 N–H and O–H groups in total. The maximum atomic E-state index is 11.3. The van der Waals surface area contributed by atoms with Crippen LogP contribution in [-0.2, 0) is 18.3 Å². The van der Waals surface area contributed by atoms with Crippen LogP contribution in [0.3, 0.4) is 0 Å². The molecule has 2 aromatic rings. The van der Waals surface area contributed by atoms with Crippen molar-refractivity contribution >= 4 is 17.0 Å². The molecule has 1 fully saturated rings. The molecule has 3 rings (SSSR count). The summed E-state index contributed by atoms with van der Waals surface area (Å²) >= 11 is 0. The SMILES string of the molecule is Cn1c(CC2(CC(=O)O)CCCCC2)nc2cnccc21. The number of hydrogen-bond acceptors (Lipinski definition) is 3.